The summed E-state index contributed by atoms with van der Waals surface area (Å²) >= 11 is 5.21. The highest BCUT2D eigenvalue weighted by molar-refractivity contribution is 6.22. The van der Waals surface area contributed by atoms with Crippen molar-refractivity contribution in [3.63, 3.8) is 0 Å². The maximum Gasteiger partial charge on any atom is 0.268 e. The molecule has 1 aromatic rings. The molecule has 1 aromatic heterocycles. The highest BCUT2D eigenvalue weighted by Gasteiger charge is 1.88. The first-order valence-electron chi connectivity index (χ1n) is 2.32. The van der Waals surface area contributed by atoms with E-state index in [-0.39, 0.29) is 5.56 Å². The van der Waals surface area contributed by atoms with Crippen molar-refractivity contribution in [2.75, 3.05) is 0 Å². The molecule has 0 atom stereocenters. The summed E-state index contributed by atoms with van der Waals surface area (Å²) < 4.78 is 1.04. The van der Waals surface area contributed by atoms with Crippen LogP contribution in [0.5, 0.6) is 0 Å². The Kier molecular flexibility index (Phi) is 1.85. The van der Waals surface area contributed by atoms with Crippen LogP contribution in [0.4, 0.5) is 0 Å². The Balaban J connectivity index is 3.16. The molecule has 0 amide bonds. The molecule has 0 bridgehead atoms. The lowest BCUT2D eigenvalue weighted by atomic mass is 10.6. The number of halogens is 1. The van der Waals surface area contributed by atoms with Gasteiger partial charge in [0.05, 0.1) is 0 Å². The van der Waals surface area contributed by atoms with Crippen LogP contribution in [0.1, 0.15) is 0 Å². The third-order valence-electron chi connectivity index (χ3n) is 0.834. The summed E-state index contributed by atoms with van der Waals surface area (Å²) in [5.41, 5.74) is -0.229. The summed E-state index contributed by atoms with van der Waals surface area (Å²) in [7, 11) is 0. The molecule has 0 spiro atoms. The molecule has 1 radical (unpaired) electrons. The van der Waals surface area contributed by atoms with E-state index in [9.17, 15) is 4.79 Å². The Labute approximate surface area is 56.9 Å². The first kappa shape index (κ1) is 6.29. The van der Waals surface area contributed by atoms with E-state index < -0.39 is 0 Å². The van der Waals surface area contributed by atoms with E-state index in [4.69, 9.17) is 11.6 Å². The van der Waals surface area contributed by atoms with Crippen LogP contribution in [-0.2, 0) is 0 Å². The number of rotatable bonds is 1. The summed E-state index contributed by atoms with van der Waals surface area (Å²) in [5, 5.41) is 3.61. The number of aromatic nitrogens is 2. The van der Waals surface area contributed by atoms with Crippen LogP contribution in [0.15, 0.2) is 23.1 Å². The fourth-order valence-corrected chi connectivity index (χ4v) is 0.589. The van der Waals surface area contributed by atoms with Gasteiger partial charge in [0.15, 0.2) is 6.00 Å². The van der Waals surface area contributed by atoms with Crippen molar-refractivity contribution in [2.24, 2.45) is 0 Å². The van der Waals surface area contributed by atoms with E-state index in [0.29, 0.717) is 0 Å². The van der Waals surface area contributed by atoms with Gasteiger partial charge in [0.2, 0.25) is 0 Å². The zero-order valence-electron chi connectivity index (χ0n) is 4.49. The highest BCUT2D eigenvalue weighted by atomic mass is 35.5. The number of nitrogens with zero attached hydrogens (tertiary/aromatic N) is 2. The number of hydrogen-bond donors (Lipinski definition) is 0. The van der Waals surface area contributed by atoms with Crippen molar-refractivity contribution in [1.29, 1.82) is 0 Å². The predicted molar refractivity (Wildman–Crippen MR) is 34.0 cm³/mol. The van der Waals surface area contributed by atoms with Crippen molar-refractivity contribution in [1.82, 2.24) is 9.78 Å². The second-order valence-electron chi connectivity index (χ2n) is 1.40. The Hall–Kier alpha value is -0.830. The molecule has 47 valence electrons. The largest absolute Gasteiger partial charge is 0.268 e. The minimum absolute atomic E-state index is 0.229. The third-order valence-corrected chi connectivity index (χ3v) is 1.02. The van der Waals surface area contributed by atoms with Crippen LogP contribution in [0.2, 0.25) is 0 Å². The fraction of sp³-hybridized carbons (Fsp3) is 0. The molecule has 3 nitrogen and oxygen atoms in total. The molecule has 9 heavy (non-hydrogen) atoms. The quantitative estimate of drug-likeness (QED) is 0.572. The lowest BCUT2D eigenvalue weighted by molar-refractivity contribution is 0.785. The molecule has 4 heteroatoms. The van der Waals surface area contributed by atoms with Crippen LogP contribution in [0.25, 0.3) is 0 Å². The van der Waals surface area contributed by atoms with Gasteiger partial charge in [-0.25, -0.2) is 4.68 Å². The molecule has 1 heterocycles. The fourth-order valence-electron chi connectivity index (χ4n) is 0.442. The predicted octanol–water partition coefficient (Wildman–Crippen LogP) is 0.449. The van der Waals surface area contributed by atoms with Crippen molar-refractivity contribution >= 4 is 11.6 Å². The average Bonchev–Trinajstić information content (AvgIpc) is 1.89. The molecule has 0 aliphatic rings. The molecular formula is C5H4ClN2O. The van der Waals surface area contributed by atoms with E-state index >= 15 is 0 Å². The SMILES string of the molecule is O=c1cccnn1[CH]Cl. The van der Waals surface area contributed by atoms with Gasteiger partial charge in [-0.3, -0.25) is 4.79 Å². The zero-order chi connectivity index (χ0) is 6.69. The molecule has 0 saturated carbocycles. The lowest BCUT2D eigenvalue weighted by Gasteiger charge is -1.91. The standard InChI is InChI=1S/C5H4ClN2O/c6-4-8-5(9)2-1-3-7-8/h1-4H. The maximum atomic E-state index is 10.6. The molecular weight excluding hydrogens is 140 g/mol. The minimum atomic E-state index is -0.229. The van der Waals surface area contributed by atoms with Gasteiger partial charge in [0, 0.05) is 12.3 Å². The molecule has 0 N–H and O–H groups in total. The highest BCUT2D eigenvalue weighted by Crippen LogP contribution is 1.81. The molecule has 0 aliphatic carbocycles. The summed E-state index contributed by atoms with van der Waals surface area (Å²) in [4.78, 5) is 10.6. The smallest absolute Gasteiger partial charge is 0.268 e. The Bertz CT molecular complexity index is 245. The summed E-state index contributed by atoms with van der Waals surface area (Å²) in [5.74, 6) is 0. The molecule has 0 fully saturated rings. The monoisotopic (exact) mass is 143 g/mol. The molecule has 0 saturated heterocycles. The second kappa shape index (κ2) is 2.64. The number of hydrogen-bond acceptors (Lipinski definition) is 2. The van der Waals surface area contributed by atoms with Crippen molar-refractivity contribution in [3.05, 3.63) is 34.7 Å². The van der Waals surface area contributed by atoms with E-state index in [1.54, 1.807) is 6.07 Å². The maximum absolute atomic E-state index is 10.6. The molecule has 0 unspecified atom stereocenters. The van der Waals surface area contributed by atoms with Crippen LogP contribution in [0, 0.1) is 6.00 Å². The van der Waals surface area contributed by atoms with E-state index in [1.165, 1.54) is 12.3 Å². The van der Waals surface area contributed by atoms with Gasteiger partial charge < -0.3 is 0 Å². The second-order valence-corrected chi connectivity index (χ2v) is 1.60. The minimum Gasteiger partial charge on any atom is -0.268 e. The van der Waals surface area contributed by atoms with Crippen LogP contribution >= 0.6 is 11.6 Å². The Morgan fingerprint density at radius 2 is 2.56 bits per heavy atom. The summed E-state index contributed by atoms with van der Waals surface area (Å²) in [6, 6.07) is 4.02. The van der Waals surface area contributed by atoms with Crippen LogP contribution in [0.3, 0.4) is 0 Å². The first-order chi connectivity index (χ1) is 4.34. The Morgan fingerprint density at radius 3 is 3.00 bits per heavy atom. The van der Waals surface area contributed by atoms with E-state index in [1.807, 2.05) is 0 Å². The van der Waals surface area contributed by atoms with Crippen LogP contribution < -0.4 is 5.56 Å². The van der Waals surface area contributed by atoms with Crippen LogP contribution in [-0.4, -0.2) is 9.78 Å². The topological polar surface area (TPSA) is 34.9 Å². The summed E-state index contributed by atoms with van der Waals surface area (Å²) in [6.45, 7) is 0. The third kappa shape index (κ3) is 1.29. The van der Waals surface area contributed by atoms with Gasteiger partial charge in [-0.1, -0.05) is 11.6 Å². The lowest BCUT2D eigenvalue weighted by Crippen LogP contribution is -2.17. The molecule has 1 rings (SSSR count). The van der Waals surface area contributed by atoms with Gasteiger partial charge in [0.1, 0.15) is 0 Å². The first-order valence-corrected chi connectivity index (χ1v) is 2.75. The van der Waals surface area contributed by atoms with Crippen molar-refractivity contribution < 1.29 is 0 Å². The van der Waals surface area contributed by atoms with Gasteiger partial charge in [0.25, 0.3) is 5.56 Å². The molecule has 0 aromatic carbocycles. The van der Waals surface area contributed by atoms with Crippen molar-refractivity contribution in [3.8, 4) is 0 Å². The average molecular weight is 144 g/mol. The normalized spacial score (nSPS) is 9.44. The van der Waals surface area contributed by atoms with Gasteiger partial charge >= 0.3 is 0 Å². The Morgan fingerprint density at radius 1 is 1.78 bits per heavy atom. The summed E-state index contributed by atoms with van der Waals surface area (Å²) in [6.07, 6.45) is 1.49. The van der Waals surface area contributed by atoms with E-state index in [2.05, 4.69) is 5.10 Å². The zero-order valence-corrected chi connectivity index (χ0v) is 5.25. The van der Waals surface area contributed by atoms with Crippen molar-refractivity contribution in [2.45, 2.75) is 0 Å². The van der Waals surface area contributed by atoms with E-state index in [0.717, 1.165) is 10.7 Å². The van der Waals surface area contributed by atoms with Gasteiger partial charge in [-0.2, -0.15) is 5.10 Å². The van der Waals surface area contributed by atoms with Gasteiger partial charge in [-0.05, 0) is 6.07 Å². The molecule has 0 aliphatic heterocycles. The van der Waals surface area contributed by atoms with Gasteiger partial charge in [-0.15, -0.1) is 0 Å².